The quantitative estimate of drug-likeness (QED) is 0.769. The molecule has 4 nitrogen and oxygen atoms in total. The van der Waals surface area contributed by atoms with Gasteiger partial charge in [-0.05, 0) is 47.0 Å². The molecule has 2 N–H and O–H groups in total. The van der Waals surface area contributed by atoms with Crippen LogP contribution in [0.3, 0.4) is 0 Å². The molecule has 19 heavy (non-hydrogen) atoms. The minimum atomic E-state index is -0.350. The molecule has 0 spiro atoms. The average Bonchev–Trinajstić information content (AvgIpc) is 2.36. The van der Waals surface area contributed by atoms with Crippen LogP contribution < -0.4 is 14.8 Å². The molecule has 1 rings (SSSR count). The molecule has 0 amide bonds. The van der Waals surface area contributed by atoms with Crippen molar-refractivity contribution >= 4 is 15.9 Å². The van der Waals surface area contributed by atoms with E-state index in [4.69, 9.17) is 9.47 Å². The van der Waals surface area contributed by atoms with Gasteiger partial charge in [0.1, 0.15) is 0 Å². The van der Waals surface area contributed by atoms with Gasteiger partial charge in [0.05, 0.1) is 24.3 Å². The van der Waals surface area contributed by atoms with Gasteiger partial charge in [0.2, 0.25) is 0 Å². The number of rotatable bonds is 8. The van der Waals surface area contributed by atoms with Gasteiger partial charge in [-0.3, -0.25) is 0 Å². The normalized spacial score (nSPS) is 12.3. The van der Waals surface area contributed by atoms with Crippen molar-refractivity contribution < 1.29 is 14.6 Å². The first-order valence-electron chi connectivity index (χ1n) is 6.46. The Kier molecular flexibility index (Phi) is 7.20. The Morgan fingerprint density at radius 1 is 1.42 bits per heavy atom. The monoisotopic (exact) mass is 331 g/mol. The highest BCUT2D eigenvalue weighted by Gasteiger charge is 2.11. The van der Waals surface area contributed by atoms with Crippen molar-refractivity contribution in [2.75, 3.05) is 20.3 Å². The summed E-state index contributed by atoms with van der Waals surface area (Å²) in [7, 11) is 1.63. The van der Waals surface area contributed by atoms with Crippen LogP contribution in [0.15, 0.2) is 16.6 Å². The third kappa shape index (κ3) is 5.38. The van der Waals surface area contributed by atoms with E-state index < -0.39 is 0 Å². The molecule has 0 saturated carbocycles. The summed E-state index contributed by atoms with van der Waals surface area (Å²) in [4.78, 5) is 0. The summed E-state index contributed by atoms with van der Waals surface area (Å²) in [6.07, 6.45) is 0.602. The van der Waals surface area contributed by atoms with Crippen molar-refractivity contribution in [2.24, 2.45) is 0 Å². The summed E-state index contributed by atoms with van der Waals surface area (Å²) in [6.45, 7) is 5.72. The first-order chi connectivity index (χ1) is 9.08. The average molecular weight is 332 g/mol. The highest BCUT2D eigenvalue weighted by Crippen LogP contribution is 2.36. The van der Waals surface area contributed by atoms with Crippen LogP contribution in [0.4, 0.5) is 0 Å². The number of ether oxygens (including phenoxy) is 2. The van der Waals surface area contributed by atoms with Gasteiger partial charge in [0, 0.05) is 13.1 Å². The number of aliphatic hydroxyl groups excluding tert-OH is 1. The van der Waals surface area contributed by atoms with E-state index in [0.29, 0.717) is 19.7 Å². The van der Waals surface area contributed by atoms with Gasteiger partial charge < -0.3 is 19.9 Å². The van der Waals surface area contributed by atoms with Crippen LogP contribution >= 0.6 is 15.9 Å². The Balaban J connectivity index is 2.77. The fourth-order valence-electron chi connectivity index (χ4n) is 1.64. The van der Waals surface area contributed by atoms with Gasteiger partial charge in [0.15, 0.2) is 11.5 Å². The van der Waals surface area contributed by atoms with Crippen molar-refractivity contribution in [3.05, 3.63) is 22.2 Å². The maximum Gasteiger partial charge on any atom is 0.175 e. The fraction of sp³-hybridized carbons (Fsp3) is 0.571. The van der Waals surface area contributed by atoms with Crippen molar-refractivity contribution in [3.8, 4) is 11.5 Å². The molecule has 5 heteroatoms. The molecule has 1 atom stereocenters. The lowest BCUT2D eigenvalue weighted by molar-refractivity contribution is 0.191. The predicted molar refractivity (Wildman–Crippen MR) is 79.9 cm³/mol. The van der Waals surface area contributed by atoms with Crippen LogP contribution in [-0.4, -0.2) is 31.5 Å². The Labute approximate surface area is 123 Å². The Morgan fingerprint density at radius 2 is 2.16 bits per heavy atom. The topological polar surface area (TPSA) is 50.7 Å². The van der Waals surface area contributed by atoms with Gasteiger partial charge >= 0.3 is 0 Å². The first kappa shape index (κ1) is 16.3. The van der Waals surface area contributed by atoms with Gasteiger partial charge in [0.25, 0.3) is 0 Å². The lowest BCUT2D eigenvalue weighted by Crippen LogP contribution is -2.23. The molecule has 0 heterocycles. The third-order valence-electron chi connectivity index (χ3n) is 2.51. The molecule has 1 aromatic carbocycles. The second-order valence-corrected chi connectivity index (χ2v) is 5.29. The van der Waals surface area contributed by atoms with Crippen LogP contribution in [0.2, 0.25) is 0 Å². The Hall–Kier alpha value is -0.780. The number of nitrogens with one attached hydrogen (secondary N) is 1. The number of hydrogen-bond acceptors (Lipinski definition) is 4. The van der Waals surface area contributed by atoms with Crippen molar-refractivity contribution in [1.29, 1.82) is 0 Å². The van der Waals surface area contributed by atoms with Gasteiger partial charge in [-0.25, -0.2) is 0 Å². The number of benzene rings is 1. The molecule has 0 aliphatic rings. The molecule has 0 radical (unpaired) electrons. The molecule has 0 saturated heterocycles. The minimum absolute atomic E-state index is 0.350. The lowest BCUT2D eigenvalue weighted by atomic mass is 10.2. The second kappa shape index (κ2) is 8.40. The summed E-state index contributed by atoms with van der Waals surface area (Å²) in [6, 6.07) is 3.95. The molecule has 0 aliphatic carbocycles. The molecule has 108 valence electrons. The Morgan fingerprint density at radius 3 is 2.74 bits per heavy atom. The first-order valence-corrected chi connectivity index (χ1v) is 7.25. The van der Waals surface area contributed by atoms with Crippen LogP contribution in [-0.2, 0) is 6.54 Å². The summed E-state index contributed by atoms with van der Waals surface area (Å²) in [5.74, 6) is 1.46. The van der Waals surface area contributed by atoms with Gasteiger partial charge in [-0.15, -0.1) is 0 Å². The summed E-state index contributed by atoms with van der Waals surface area (Å²) < 4.78 is 11.9. The number of halogens is 1. The van der Waals surface area contributed by atoms with Crippen molar-refractivity contribution in [1.82, 2.24) is 5.32 Å². The molecule has 0 bridgehead atoms. The number of hydrogen-bond donors (Lipinski definition) is 2. The molecule has 0 aliphatic heterocycles. The summed E-state index contributed by atoms with van der Waals surface area (Å²) in [5.41, 5.74) is 1.08. The molecular weight excluding hydrogens is 310 g/mol. The van der Waals surface area contributed by atoms with E-state index in [1.807, 2.05) is 12.1 Å². The van der Waals surface area contributed by atoms with Crippen LogP contribution in [0.25, 0.3) is 0 Å². The Bertz CT molecular complexity index is 397. The van der Waals surface area contributed by atoms with Gasteiger partial charge in [-0.2, -0.15) is 0 Å². The van der Waals surface area contributed by atoms with E-state index in [1.165, 1.54) is 0 Å². The molecular formula is C14H22BrNO3. The molecule has 0 fully saturated rings. The fourth-order valence-corrected chi connectivity index (χ4v) is 2.25. The second-order valence-electron chi connectivity index (χ2n) is 4.44. The smallest absolute Gasteiger partial charge is 0.175 e. The number of aliphatic hydroxyl groups is 1. The van der Waals surface area contributed by atoms with Crippen LogP contribution in [0.5, 0.6) is 11.5 Å². The molecule has 1 aromatic rings. The SMILES string of the molecule is CCCOc1c(Br)cc(CNCC(C)O)cc1OC. The minimum Gasteiger partial charge on any atom is -0.493 e. The summed E-state index contributed by atoms with van der Waals surface area (Å²) in [5, 5.41) is 12.4. The zero-order valence-electron chi connectivity index (χ0n) is 11.7. The van der Waals surface area contributed by atoms with E-state index in [1.54, 1.807) is 14.0 Å². The van der Waals surface area contributed by atoms with Crippen LogP contribution in [0, 0.1) is 0 Å². The maximum atomic E-state index is 9.21. The van der Waals surface area contributed by atoms with Gasteiger partial charge in [-0.1, -0.05) is 6.92 Å². The summed E-state index contributed by atoms with van der Waals surface area (Å²) >= 11 is 3.51. The van der Waals surface area contributed by atoms with E-state index in [-0.39, 0.29) is 6.10 Å². The van der Waals surface area contributed by atoms with E-state index in [2.05, 4.69) is 28.2 Å². The van der Waals surface area contributed by atoms with Crippen molar-refractivity contribution in [2.45, 2.75) is 32.9 Å². The third-order valence-corrected chi connectivity index (χ3v) is 3.10. The van der Waals surface area contributed by atoms with E-state index in [0.717, 1.165) is 28.0 Å². The molecule has 1 unspecified atom stereocenters. The van der Waals surface area contributed by atoms with Crippen LogP contribution in [0.1, 0.15) is 25.8 Å². The lowest BCUT2D eigenvalue weighted by Gasteiger charge is -2.14. The standard InChI is InChI=1S/C14H22BrNO3/c1-4-5-19-14-12(15)6-11(7-13(14)18-3)9-16-8-10(2)17/h6-7,10,16-17H,4-5,8-9H2,1-3H3. The van der Waals surface area contributed by atoms with E-state index >= 15 is 0 Å². The number of methoxy groups -OCH3 is 1. The largest absolute Gasteiger partial charge is 0.493 e. The zero-order chi connectivity index (χ0) is 14.3. The maximum absolute atomic E-state index is 9.21. The highest BCUT2D eigenvalue weighted by atomic mass is 79.9. The van der Waals surface area contributed by atoms with Crippen molar-refractivity contribution in [3.63, 3.8) is 0 Å². The predicted octanol–water partition coefficient (Wildman–Crippen LogP) is 2.72. The van der Waals surface area contributed by atoms with E-state index in [9.17, 15) is 5.11 Å². The molecule has 0 aromatic heterocycles. The zero-order valence-corrected chi connectivity index (χ0v) is 13.3. The highest BCUT2D eigenvalue weighted by molar-refractivity contribution is 9.10.